The maximum atomic E-state index is 12.2. The third-order valence-corrected chi connectivity index (χ3v) is 4.19. The Hall–Kier alpha value is -2.30. The fourth-order valence-corrected chi connectivity index (χ4v) is 3.08. The Balaban J connectivity index is 1.89. The van der Waals surface area contributed by atoms with Crippen molar-refractivity contribution in [2.75, 3.05) is 0 Å². The third kappa shape index (κ3) is 3.30. The number of hydrogen-bond acceptors (Lipinski definition) is 5. The van der Waals surface area contributed by atoms with E-state index >= 15 is 0 Å². The molecule has 0 radical (unpaired) electrons. The molecule has 0 aliphatic heterocycles. The standard InChI is InChI=1S/C19H22O5/c1-11(2)22-18(20)12(3)23-13-8-9-15-14-6-4-5-7-16(14)19(21)24-17(15)10-13/h8-12H,4-7H2,1-3H3/t12-/m1/s1. The third-order valence-electron chi connectivity index (χ3n) is 4.19. The van der Waals surface area contributed by atoms with E-state index in [9.17, 15) is 9.59 Å². The van der Waals surface area contributed by atoms with Crippen LogP contribution in [0.2, 0.25) is 0 Å². The van der Waals surface area contributed by atoms with Gasteiger partial charge in [0.1, 0.15) is 11.3 Å². The van der Waals surface area contributed by atoms with Crippen molar-refractivity contribution in [2.45, 2.75) is 58.7 Å². The molecule has 0 saturated heterocycles. The Labute approximate surface area is 140 Å². The molecule has 1 aliphatic carbocycles. The number of hydrogen-bond donors (Lipinski definition) is 0. The Bertz CT molecular complexity index is 818. The van der Waals surface area contributed by atoms with Crippen LogP contribution in [-0.4, -0.2) is 18.2 Å². The van der Waals surface area contributed by atoms with Gasteiger partial charge in [-0.15, -0.1) is 0 Å². The monoisotopic (exact) mass is 330 g/mol. The Morgan fingerprint density at radius 3 is 2.54 bits per heavy atom. The van der Waals surface area contributed by atoms with Gasteiger partial charge in [0.05, 0.1) is 6.10 Å². The molecule has 0 spiro atoms. The second kappa shape index (κ2) is 6.67. The van der Waals surface area contributed by atoms with Crippen LogP contribution in [0, 0.1) is 0 Å². The molecule has 1 aromatic heterocycles. The molecule has 2 aromatic rings. The highest BCUT2D eigenvalue weighted by Crippen LogP contribution is 2.29. The Morgan fingerprint density at radius 2 is 1.83 bits per heavy atom. The number of rotatable bonds is 4. The molecule has 3 rings (SSSR count). The number of aryl methyl sites for hydroxylation is 1. The quantitative estimate of drug-likeness (QED) is 0.635. The average molecular weight is 330 g/mol. The van der Waals surface area contributed by atoms with E-state index in [2.05, 4.69) is 0 Å². The van der Waals surface area contributed by atoms with Gasteiger partial charge in [-0.25, -0.2) is 9.59 Å². The topological polar surface area (TPSA) is 65.7 Å². The van der Waals surface area contributed by atoms with Crippen LogP contribution in [0.1, 0.15) is 44.7 Å². The summed E-state index contributed by atoms with van der Waals surface area (Å²) >= 11 is 0. The van der Waals surface area contributed by atoms with Crippen LogP contribution < -0.4 is 10.4 Å². The van der Waals surface area contributed by atoms with Gasteiger partial charge >= 0.3 is 11.6 Å². The average Bonchev–Trinajstić information content (AvgIpc) is 2.54. The lowest BCUT2D eigenvalue weighted by Crippen LogP contribution is -2.28. The van der Waals surface area contributed by atoms with E-state index in [0.29, 0.717) is 11.3 Å². The summed E-state index contributed by atoms with van der Waals surface area (Å²) in [5.41, 5.74) is 2.13. The van der Waals surface area contributed by atoms with Crippen LogP contribution in [0.3, 0.4) is 0 Å². The van der Waals surface area contributed by atoms with Gasteiger partial charge in [-0.2, -0.15) is 0 Å². The summed E-state index contributed by atoms with van der Waals surface area (Å²) in [7, 11) is 0. The minimum absolute atomic E-state index is 0.190. The van der Waals surface area contributed by atoms with Crippen LogP contribution >= 0.6 is 0 Å². The van der Waals surface area contributed by atoms with Gasteiger partial charge in [-0.1, -0.05) is 0 Å². The Kier molecular flexibility index (Phi) is 4.60. The highest BCUT2D eigenvalue weighted by molar-refractivity contribution is 5.83. The predicted molar refractivity (Wildman–Crippen MR) is 90.4 cm³/mol. The number of ether oxygens (including phenoxy) is 2. The van der Waals surface area contributed by atoms with Crippen molar-refractivity contribution in [1.29, 1.82) is 0 Å². The van der Waals surface area contributed by atoms with Crippen LogP contribution in [-0.2, 0) is 22.4 Å². The van der Waals surface area contributed by atoms with Gasteiger partial charge in [0.15, 0.2) is 6.10 Å². The molecule has 128 valence electrons. The molecular weight excluding hydrogens is 308 g/mol. The van der Waals surface area contributed by atoms with E-state index in [1.165, 1.54) is 0 Å². The molecule has 5 heteroatoms. The molecule has 24 heavy (non-hydrogen) atoms. The van der Waals surface area contributed by atoms with E-state index < -0.39 is 12.1 Å². The first kappa shape index (κ1) is 16.6. The van der Waals surface area contributed by atoms with Crippen molar-refractivity contribution < 1.29 is 18.7 Å². The molecular formula is C19H22O5. The number of fused-ring (bicyclic) bond motifs is 3. The minimum Gasteiger partial charge on any atom is -0.479 e. The first-order chi connectivity index (χ1) is 11.5. The first-order valence-corrected chi connectivity index (χ1v) is 8.41. The molecule has 0 bridgehead atoms. The smallest absolute Gasteiger partial charge is 0.347 e. The number of carbonyl (C=O) groups excluding carboxylic acids is 1. The van der Waals surface area contributed by atoms with E-state index in [1.54, 1.807) is 32.9 Å². The second-order valence-electron chi connectivity index (χ2n) is 6.46. The lowest BCUT2D eigenvalue weighted by molar-refractivity contribution is -0.154. The van der Waals surface area contributed by atoms with Crippen molar-refractivity contribution in [3.8, 4) is 5.75 Å². The fraction of sp³-hybridized carbons (Fsp3) is 0.474. The largest absolute Gasteiger partial charge is 0.479 e. The lowest BCUT2D eigenvalue weighted by atomic mass is 9.91. The van der Waals surface area contributed by atoms with Gasteiger partial charge < -0.3 is 13.9 Å². The van der Waals surface area contributed by atoms with Gasteiger partial charge in [0.2, 0.25) is 0 Å². The highest BCUT2D eigenvalue weighted by Gasteiger charge is 2.20. The van der Waals surface area contributed by atoms with E-state index in [4.69, 9.17) is 13.9 Å². The molecule has 1 heterocycles. The van der Waals surface area contributed by atoms with Crippen LogP contribution in [0.25, 0.3) is 11.0 Å². The molecule has 0 fully saturated rings. The normalized spacial score (nSPS) is 15.2. The van der Waals surface area contributed by atoms with Crippen molar-refractivity contribution in [3.63, 3.8) is 0 Å². The summed E-state index contributed by atoms with van der Waals surface area (Å²) in [4.78, 5) is 24.0. The van der Waals surface area contributed by atoms with E-state index in [1.807, 2.05) is 6.07 Å². The molecule has 5 nitrogen and oxygen atoms in total. The molecule has 0 amide bonds. The highest BCUT2D eigenvalue weighted by atomic mass is 16.6. The van der Waals surface area contributed by atoms with Crippen LogP contribution in [0.15, 0.2) is 27.4 Å². The van der Waals surface area contributed by atoms with E-state index in [-0.39, 0.29) is 11.7 Å². The molecule has 0 saturated carbocycles. The molecule has 0 N–H and O–H groups in total. The number of esters is 1. The van der Waals surface area contributed by atoms with Crippen molar-refractivity contribution in [1.82, 2.24) is 0 Å². The summed E-state index contributed by atoms with van der Waals surface area (Å²) in [5.74, 6) is 0.0617. The molecule has 1 aliphatic rings. The summed E-state index contributed by atoms with van der Waals surface area (Å²) in [6, 6.07) is 5.37. The van der Waals surface area contributed by atoms with Gasteiger partial charge in [-0.05, 0) is 64.2 Å². The summed E-state index contributed by atoms with van der Waals surface area (Å²) in [6.07, 6.45) is 2.87. The number of benzene rings is 1. The second-order valence-corrected chi connectivity index (χ2v) is 6.46. The molecule has 1 aromatic carbocycles. The van der Waals surface area contributed by atoms with Crippen LogP contribution in [0.4, 0.5) is 0 Å². The zero-order valence-electron chi connectivity index (χ0n) is 14.3. The van der Waals surface area contributed by atoms with Gasteiger partial charge in [-0.3, -0.25) is 0 Å². The van der Waals surface area contributed by atoms with Crippen molar-refractivity contribution in [3.05, 3.63) is 39.7 Å². The summed E-state index contributed by atoms with van der Waals surface area (Å²) in [5, 5.41) is 0.953. The maximum Gasteiger partial charge on any atom is 0.347 e. The zero-order valence-corrected chi connectivity index (χ0v) is 14.3. The fourth-order valence-electron chi connectivity index (χ4n) is 3.08. The predicted octanol–water partition coefficient (Wildman–Crippen LogP) is 3.39. The summed E-state index contributed by atoms with van der Waals surface area (Å²) < 4.78 is 16.2. The molecule has 0 unspecified atom stereocenters. The SMILES string of the molecule is CC(C)OC(=O)[C@@H](C)Oc1ccc2c3c(c(=O)oc2c1)CCCC3. The van der Waals surface area contributed by atoms with Crippen LogP contribution in [0.5, 0.6) is 5.75 Å². The first-order valence-electron chi connectivity index (χ1n) is 8.41. The minimum atomic E-state index is -0.728. The maximum absolute atomic E-state index is 12.2. The van der Waals surface area contributed by atoms with Crippen molar-refractivity contribution >= 4 is 16.9 Å². The summed E-state index contributed by atoms with van der Waals surface area (Å²) in [6.45, 7) is 5.22. The van der Waals surface area contributed by atoms with Crippen molar-refractivity contribution in [2.24, 2.45) is 0 Å². The van der Waals surface area contributed by atoms with E-state index in [0.717, 1.165) is 42.2 Å². The van der Waals surface area contributed by atoms with Gasteiger partial charge in [0.25, 0.3) is 0 Å². The zero-order chi connectivity index (χ0) is 17.3. The molecule has 1 atom stereocenters. The lowest BCUT2D eigenvalue weighted by Gasteiger charge is -2.18. The Morgan fingerprint density at radius 1 is 1.12 bits per heavy atom. The number of carbonyl (C=O) groups is 1. The van der Waals surface area contributed by atoms with Gasteiger partial charge in [0, 0.05) is 17.0 Å².